The van der Waals surface area contributed by atoms with Crippen LogP contribution >= 0.6 is 0 Å². The lowest BCUT2D eigenvalue weighted by Gasteiger charge is -2.12. The van der Waals surface area contributed by atoms with Gasteiger partial charge in [0.1, 0.15) is 0 Å². The number of nitrogens with one attached hydrogen (secondary N) is 1. The van der Waals surface area contributed by atoms with Crippen molar-refractivity contribution < 1.29 is 17.9 Å². The van der Waals surface area contributed by atoms with E-state index in [1.165, 1.54) is 18.3 Å². The molecule has 0 spiro atoms. The van der Waals surface area contributed by atoms with Crippen LogP contribution in [-0.4, -0.2) is 52.6 Å². The first-order valence-electron chi connectivity index (χ1n) is 11.0. The molecule has 2 aromatic carbocycles. The Kier molecular flexibility index (Phi) is 7.20. The number of hydrogen-bond donors (Lipinski definition) is 3. The standard InChI is InChI=1S/C24H26N6O4S/c1-15(11-12-31)35(32,33)19-9-7-17(8-10-19)20-14-27-22(25)21(28-20)24-30-29-23(34-24)18-5-3-16(4-6-18)13-26-2/h3-10,14-15,26,31H,11-13H2,1-2H3,(H2,25,27). The van der Waals surface area contributed by atoms with Crippen molar-refractivity contribution in [2.75, 3.05) is 19.4 Å². The van der Waals surface area contributed by atoms with Gasteiger partial charge in [-0.15, -0.1) is 10.2 Å². The highest BCUT2D eigenvalue weighted by Crippen LogP contribution is 2.29. The lowest BCUT2D eigenvalue weighted by Crippen LogP contribution is -2.19. The minimum atomic E-state index is -3.54. The summed E-state index contributed by atoms with van der Waals surface area (Å²) in [4.78, 5) is 8.92. The number of anilines is 1. The number of nitrogen functional groups attached to an aromatic ring is 1. The summed E-state index contributed by atoms with van der Waals surface area (Å²) in [7, 11) is -1.66. The van der Waals surface area contributed by atoms with E-state index >= 15 is 0 Å². The van der Waals surface area contributed by atoms with Crippen LogP contribution in [0.15, 0.2) is 64.0 Å². The third kappa shape index (κ3) is 5.21. The molecule has 4 N–H and O–H groups in total. The Morgan fingerprint density at radius 2 is 1.69 bits per heavy atom. The van der Waals surface area contributed by atoms with Gasteiger partial charge in [-0.1, -0.05) is 24.3 Å². The van der Waals surface area contributed by atoms with E-state index in [4.69, 9.17) is 15.3 Å². The molecule has 0 radical (unpaired) electrons. The highest BCUT2D eigenvalue weighted by atomic mass is 32.2. The molecule has 35 heavy (non-hydrogen) atoms. The zero-order valence-electron chi connectivity index (χ0n) is 19.3. The maximum absolute atomic E-state index is 12.6. The van der Waals surface area contributed by atoms with Gasteiger partial charge in [-0.2, -0.15) is 0 Å². The second kappa shape index (κ2) is 10.3. The number of nitrogens with two attached hydrogens (primary N) is 1. The Balaban J connectivity index is 1.60. The van der Waals surface area contributed by atoms with E-state index in [9.17, 15) is 8.42 Å². The maximum Gasteiger partial charge on any atom is 0.270 e. The van der Waals surface area contributed by atoms with Gasteiger partial charge < -0.3 is 20.6 Å². The fraction of sp³-hybridized carbons (Fsp3) is 0.250. The average Bonchev–Trinajstić information content (AvgIpc) is 3.35. The topological polar surface area (TPSA) is 157 Å². The van der Waals surface area contributed by atoms with Crippen molar-refractivity contribution in [2.45, 2.75) is 30.0 Å². The number of nitrogens with zero attached hydrogens (tertiary/aromatic N) is 4. The molecule has 11 heteroatoms. The molecule has 0 aliphatic rings. The number of aliphatic hydroxyl groups is 1. The van der Waals surface area contributed by atoms with Gasteiger partial charge in [0.2, 0.25) is 5.89 Å². The van der Waals surface area contributed by atoms with Crippen LogP contribution in [0, 0.1) is 0 Å². The summed E-state index contributed by atoms with van der Waals surface area (Å²) >= 11 is 0. The number of rotatable bonds is 9. The van der Waals surface area contributed by atoms with E-state index in [-0.39, 0.29) is 35.3 Å². The monoisotopic (exact) mass is 494 g/mol. The van der Waals surface area contributed by atoms with Gasteiger partial charge >= 0.3 is 0 Å². The van der Waals surface area contributed by atoms with Gasteiger partial charge in [0.15, 0.2) is 21.3 Å². The Bertz CT molecular complexity index is 1400. The smallest absolute Gasteiger partial charge is 0.270 e. The minimum absolute atomic E-state index is 0.128. The first-order valence-corrected chi connectivity index (χ1v) is 12.5. The summed E-state index contributed by atoms with van der Waals surface area (Å²) in [5.74, 6) is 0.586. The fourth-order valence-electron chi connectivity index (χ4n) is 3.48. The summed E-state index contributed by atoms with van der Waals surface area (Å²) < 4.78 is 31.1. The molecule has 0 amide bonds. The molecule has 0 fully saturated rings. The molecule has 0 saturated carbocycles. The predicted molar refractivity (Wildman–Crippen MR) is 132 cm³/mol. The van der Waals surface area contributed by atoms with Crippen LogP contribution in [0.3, 0.4) is 0 Å². The number of benzene rings is 2. The van der Waals surface area contributed by atoms with Crippen molar-refractivity contribution in [1.82, 2.24) is 25.5 Å². The van der Waals surface area contributed by atoms with Crippen LogP contribution in [0.2, 0.25) is 0 Å². The van der Waals surface area contributed by atoms with Crippen molar-refractivity contribution in [2.24, 2.45) is 0 Å². The molecule has 1 unspecified atom stereocenters. The zero-order valence-corrected chi connectivity index (χ0v) is 20.2. The molecule has 0 aliphatic carbocycles. The lowest BCUT2D eigenvalue weighted by molar-refractivity contribution is 0.287. The molecule has 0 aliphatic heterocycles. The van der Waals surface area contributed by atoms with E-state index in [1.807, 2.05) is 31.3 Å². The molecule has 10 nitrogen and oxygen atoms in total. The second-order valence-corrected chi connectivity index (χ2v) is 10.4. The Morgan fingerprint density at radius 1 is 1.03 bits per heavy atom. The van der Waals surface area contributed by atoms with Crippen LogP contribution < -0.4 is 11.1 Å². The lowest BCUT2D eigenvalue weighted by atomic mass is 10.1. The van der Waals surface area contributed by atoms with Gasteiger partial charge in [-0.05, 0) is 50.2 Å². The summed E-state index contributed by atoms with van der Waals surface area (Å²) in [6.07, 6.45) is 1.66. The van der Waals surface area contributed by atoms with E-state index < -0.39 is 15.1 Å². The van der Waals surface area contributed by atoms with Crippen LogP contribution in [-0.2, 0) is 16.4 Å². The summed E-state index contributed by atoms with van der Waals surface area (Å²) in [5.41, 5.74) is 9.28. The van der Waals surface area contributed by atoms with Crippen LogP contribution in [0.5, 0.6) is 0 Å². The first-order chi connectivity index (χ1) is 16.8. The SMILES string of the molecule is CNCc1ccc(-c2nnc(-c3nc(-c4ccc(S(=O)(=O)C(C)CCO)cc4)cnc3N)o2)cc1. The highest BCUT2D eigenvalue weighted by molar-refractivity contribution is 7.92. The average molecular weight is 495 g/mol. The summed E-state index contributed by atoms with van der Waals surface area (Å²) in [6, 6.07) is 14.1. The number of hydrogen-bond acceptors (Lipinski definition) is 10. The van der Waals surface area contributed by atoms with E-state index in [0.717, 1.165) is 17.7 Å². The maximum atomic E-state index is 12.6. The third-order valence-electron chi connectivity index (χ3n) is 5.55. The molecule has 4 aromatic rings. The molecule has 0 bridgehead atoms. The fourth-order valence-corrected chi connectivity index (χ4v) is 4.88. The highest BCUT2D eigenvalue weighted by Gasteiger charge is 2.23. The van der Waals surface area contributed by atoms with Crippen LogP contribution in [0.25, 0.3) is 34.3 Å². The molecular formula is C24H26N6O4S. The molecular weight excluding hydrogens is 468 g/mol. The zero-order chi connectivity index (χ0) is 25.0. The van der Waals surface area contributed by atoms with E-state index in [0.29, 0.717) is 17.1 Å². The number of aromatic nitrogens is 4. The van der Waals surface area contributed by atoms with Crippen LogP contribution in [0.4, 0.5) is 5.82 Å². The third-order valence-corrected chi connectivity index (χ3v) is 7.78. The van der Waals surface area contributed by atoms with Crippen molar-refractivity contribution >= 4 is 15.7 Å². The summed E-state index contributed by atoms with van der Waals surface area (Å²) in [5, 5.41) is 19.7. The van der Waals surface area contributed by atoms with Gasteiger partial charge in [-0.25, -0.2) is 18.4 Å². The Morgan fingerprint density at radius 3 is 2.34 bits per heavy atom. The predicted octanol–water partition coefficient (Wildman–Crippen LogP) is 2.71. The normalized spacial score (nSPS) is 12.5. The molecule has 182 valence electrons. The number of sulfone groups is 1. The van der Waals surface area contributed by atoms with Crippen LogP contribution in [0.1, 0.15) is 18.9 Å². The summed E-state index contributed by atoms with van der Waals surface area (Å²) in [6.45, 7) is 2.14. The van der Waals surface area contributed by atoms with Gasteiger partial charge in [0, 0.05) is 24.3 Å². The number of aliphatic hydroxyl groups excluding tert-OH is 1. The second-order valence-electron chi connectivity index (χ2n) is 8.02. The van der Waals surface area contributed by atoms with Crippen molar-refractivity contribution in [3.63, 3.8) is 0 Å². The Hall–Kier alpha value is -3.67. The van der Waals surface area contributed by atoms with Gasteiger partial charge in [0.05, 0.1) is 22.0 Å². The van der Waals surface area contributed by atoms with Crippen molar-refractivity contribution in [3.8, 4) is 34.3 Å². The molecule has 4 rings (SSSR count). The minimum Gasteiger partial charge on any atom is -0.414 e. The van der Waals surface area contributed by atoms with Crippen molar-refractivity contribution in [1.29, 1.82) is 0 Å². The molecule has 1 atom stereocenters. The van der Waals surface area contributed by atoms with E-state index in [2.05, 4.69) is 25.5 Å². The largest absolute Gasteiger partial charge is 0.414 e. The molecule has 2 aromatic heterocycles. The van der Waals surface area contributed by atoms with E-state index in [1.54, 1.807) is 19.1 Å². The first kappa shape index (κ1) is 24.5. The quantitative estimate of drug-likeness (QED) is 0.316. The Labute approximate surface area is 203 Å². The molecule has 2 heterocycles. The van der Waals surface area contributed by atoms with Crippen molar-refractivity contribution in [3.05, 3.63) is 60.3 Å². The van der Waals surface area contributed by atoms with Gasteiger partial charge in [0.25, 0.3) is 5.89 Å². The molecule has 0 saturated heterocycles. The van der Waals surface area contributed by atoms with Gasteiger partial charge in [-0.3, -0.25) is 0 Å².